The Kier molecular flexibility index (Phi) is 10.8. The molecule has 1 fully saturated rings. The fourth-order valence-electron chi connectivity index (χ4n) is 6.33. The minimum Gasteiger partial charge on any atom is -0.379 e. The Hall–Kier alpha value is -5.57. The molecule has 0 unspecified atom stereocenters. The summed E-state index contributed by atoms with van der Waals surface area (Å²) in [5.74, 6) is 0.484. The Balaban J connectivity index is 0.999. The predicted octanol–water partition coefficient (Wildman–Crippen LogP) is 7.67. The van der Waals surface area contributed by atoms with Gasteiger partial charge in [-0.15, -0.1) is 11.8 Å². The monoisotopic (exact) mass is 749 g/mol. The van der Waals surface area contributed by atoms with Gasteiger partial charge in [-0.2, -0.15) is 0 Å². The Bertz CT molecular complexity index is 2340. The first-order valence-corrected chi connectivity index (χ1v) is 19.5. The van der Waals surface area contributed by atoms with Crippen LogP contribution in [0.1, 0.15) is 5.56 Å². The van der Waals surface area contributed by atoms with Gasteiger partial charge in [0.2, 0.25) is 0 Å². The number of hydrogen-bond donors (Lipinski definition) is 2. The highest BCUT2D eigenvalue weighted by atomic mass is 32.2. The van der Waals surface area contributed by atoms with Crippen molar-refractivity contribution in [3.63, 3.8) is 0 Å². The van der Waals surface area contributed by atoms with Gasteiger partial charge in [0.25, 0.3) is 15.7 Å². The number of rotatable bonds is 13. The Labute approximate surface area is 311 Å². The molecule has 14 heteroatoms. The van der Waals surface area contributed by atoms with Gasteiger partial charge < -0.3 is 10.2 Å². The van der Waals surface area contributed by atoms with Gasteiger partial charge in [0.15, 0.2) is 5.82 Å². The van der Waals surface area contributed by atoms with Crippen LogP contribution in [0.15, 0.2) is 131 Å². The molecule has 270 valence electrons. The van der Waals surface area contributed by atoms with E-state index in [-0.39, 0.29) is 27.9 Å². The van der Waals surface area contributed by atoms with Gasteiger partial charge in [0.1, 0.15) is 17.8 Å². The summed E-state index contributed by atoms with van der Waals surface area (Å²) in [5, 5.41) is 15.5. The summed E-state index contributed by atoms with van der Waals surface area (Å²) >= 11 is 1.61. The number of anilines is 3. The average molecular weight is 750 g/mol. The zero-order valence-electron chi connectivity index (χ0n) is 28.6. The van der Waals surface area contributed by atoms with Crippen LogP contribution >= 0.6 is 11.8 Å². The third-order valence-corrected chi connectivity index (χ3v) is 11.4. The second-order valence-corrected chi connectivity index (χ2v) is 15.3. The number of halogens is 1. The summed E-state index contributed by atoms with van der Waals surface area (Å²) in [4.78, 5) is 25.4. The van der Waals surface area contributed by atoms with Crippen LogP contribution in [0.25, 0.3) is 22.0 Å². The summed E-state index contributed by atoms with van der Waals surface area (Å²) in [6, 6.07) is 34.0. The first-order chi connectivity index (χ1) is 25.7. The van der Waals surface area contributed by atoms with Crippen molar-refractivity contribution >= 4 is 55.6 Å². The fraction of sp³-hybridized carbons (Fsp3) is 0.179. The van der Waals surface area contributed by atoms with Crippen LogP contribution in [0.5, 0.6) is 0 Å². The van der Waals surface area contributed by atoms with Crippen LogP contribution in [0.4, 0.5) is 27.3 Å². The Morgan fingerprint density at radius 1 is 0.849 bits per heavy atom. The second-order valence-electron chi connectivity index (χ2n) is 12.5. The minimum atomic E-state index is -4.23. The molecule has 0 amide bonds. The van der Waals surface area contributed by atoms with E-state index >= 15 is 0 Å². The minimum absolute atomic E-state index is 0.0778. The van der Waals surface area contributed by atoms with E-state index in [1.165, 1.54) is 36.2 Å². The molecule has 1 aromatic heterocycles. The molecule has 0 radical (unpaired) electrons. The maximum Gasteiger partial charge on any atom is 0.293 e. The van der Waals surface area contributed by atoms with Crippen molar-refractivity contribution < 1.29 is 17.7 Å². The van der Waals surface area contributed by atoms with E-state index < -0.39 is 14.9 Å². The van der Waals surface area contributed by atoms with E-state index in [1.54, 1.807) is 17.8 Å². The van der Waals surface area contributed by atoms with E-state index in [0.717, 1.165) is 60.5 Å². The third kappa shape index (κ3) is 8.57. The Morgan fingerprint density at radius 2 is 1.60 bits per heavy atom. The number of piperazine rings is 1. The number of nitro benzene ring substituents is 1. The van der Waals surface area contributed by atoms with Crippen molar-refractivity contribution in [2.24, 2.45) is 0 Å². The molecule has 0 aliphatic carbocycles. The molecule has 1 aliphatic heterocycles. The van der Waals surface area contributed by atoms with Crippen molar-refractivity contribution in [2.75, 3.05) is 53.4 Å². The molecule has 53 heavy (non-hydrogen) atoms. The van der Waals surface area contributed by atoms with Crippen molar-refractivity contribution in [2.45, 2.75) is 16.3 Å². The number of sulfonamides is 1. The highest BCUT2D eigenvalue weighted by molar-refractivity contribution is 7.99. The largest absolute Gasteiger partial charge is 0.379 e. The smallest absolute Gasteiger partial charge is 0.293 e. The summed E-state index contributed by atoms with van der Waals surface area (Å²) in [6.45, 7) is 4.44. The molecule has 2 heterocycles. The molecular weight excluding hydrogens is 714 g/mol. The molecule has 0 atom stereocenters. The van der Waals surface area contributed by atoms with Gasteiger partial charge in [0.05, 0.1) is 15.3 Å². The number of nitrogens with one attached hydrogen (secondary N) is 2. The predicted molar refractivity (Wildman–Crippen MR) is 208 cm³/mol. The molecule has 5 aromatic carbocycles. The van der Waals surface area contributed by atoms with Gasteiger partial charge in [-0.25, -0.2) is 22.8 Å². The lowest BCUT2D eigenvalue weighted by molar-refractivity contribution is -0.384. The van der Waals surface area contributed by atoms with Gasteiger partial charge in [-0.1, -0.05) is 54.6 Å². The van der Waals surface area contributed by atoms with E-state index in [4.69, 9.17) is 0 Å². The zero-order valence-corrected chi connectivity index (χ0v) is 30.2. The standard InChI is InChI=1S/C39H36FN7O4S2/c40-30-12-10-28(11-13-30)34-9-5-4-6-29(34)26-45-19-21-46(22-20-45)31-14-16-35-37(24-31)42-27-43-39(35)44-53(50,51)33-15-17-36(38(25-33)47(48)49)41-18-23-52-32-7-2-1-3-8-32/h1-17,24-25,27,41H,18-23,26H2,(H,42,43,44). The maximum absolute atomic E-state index is 13.5. The molecular formula is C39H36FN7O4S2. The normalized spacial score (nSPS) is 13.6. The summed E-state index contributed by atoms with van der Waals surface area (Å²) in [5.41, 5.74) is 4.66. The van der Waals surface area contributed by atoms with Crippen LogP contribution in [-0.2, 0) is 16.6 Å². The number of hydrogen-bond acceptors (Lipinski definition) is 10. The van der Waals surface area contributed by atoms with E-state index in [0.29, 0.717) is 23.2 Å². The molecule has 1 aliphatic rings. The van der Waals surface area contributed by atoms with E-state index in [9.17, 15) is 22.9 Å². The average Bonchev–Trinajstić information content (AvgIpc) is 3.17. The van der Waals surface area contributed by atoms with E-state index in [2.05, 4.69) is 41.9 Å². The highest BCUT2D eigenvalue weighted by Gasteiger charge is 2.24. The summed E-state index contributed by atoms with van der Waals surface area (Å²) in [6.07, 6.45) is 1.30. The number of benzene rings is 5. The molecule has 6 aromatic rings. The number of nitro groups is 1. The summed E-state index contributed by atoms with van der Waals surface area (Å²) < 4.78 is 43.0. The molecule has 0 spiro atoms. The second kappa shape index (κ2) is 16.0. The van der Waals surface area contributed by atoms with Crippen molar-refractivity contribution in [1.29, 1.82) is 0 Å². The van der Waals surface area contributed by atoms with Crippen molar-refractivity contribution in [3.8, 4) is 11.1 Å². The van der Waals surface area contributed by atoms with Crippen molar-refractivity contribution in [3.05, 3.63) is 143 Å². The van der Waals surface area contributed by atoms with E-state index in [1.807, 2.05) is 66.7 Å². The number of fused-ring (bicyclic) bond motifs is 1. The molecule has 0 saturated carbocycles. The van der Waals surface area contributed by atoms with Crippen LogP contribution in [0, 0.1) is 15.9 Å². The number of thioether (sulfide) groups is 1. The zero-order chi connectivity index (χ0) is 36.8. The topological polar surface area (TPSA) is 134 Å². The number of aromatic nitrogens is 2. The van der Waals surface area contributed by atoms with Crippen LogP contribution in [0.2, 0.25) is 0 Å². The van der Waals surface area contributed by atoms with Gasteiger partial charge >= 0.3 is 0 Å². The highest BCUT2D eigenvalue weighted by Crippen LogP contribution is 2.31. The Morgan fingerprint density at radius 3 is 2.38 bits per heavy atom. The summed E-state index contributed by atoms with van der Waals surface area (Å²) in [7, 11) is -4.23. The lowest BCUT2D eigenvalue weighted by Gasteiger charge is -2.36. The molecule has 7 rings (SSSR count). The third-order valence-electron chi connectivity index (χ3n) is 9.06. The maximum atomic E-state index is 13.5. The molecule has 0 bridgehead atoms. The lowest BCUT2D eigenvalue weighted by Crippen LogP contribution is -2.46. The van der Waals surface area contributed by atoms with Crippen LogP contribution < -0.4 is 14.9 Å². The lowest BCUT2D eigenvalue weighted by atomic mass is 9.99. The van der Waals surface area contributed by atoms with Crippen LogP contribution in [-0.4, -0.2) is 66.7 Å². The molecule has 2 N–H and O–H groups in total. The molecule has 11 nitrogen and oxygen atoms in total. The SMILES string of the molecule is O=[N+]([O-])c1cc(S(=O)(=O)Nc2ncnc3cc(N4CCN(Cc5ccccc5-c5ccc(F)cc5)CC4)ccc23)ccc1NCCSc1ccccc1. The fourth-order valence-corrected chi connectivity index (χ4v) is 8.17. The number of nitrogens with zero attached hydrogens (tertiary/aromatic N) is 5. The van der Waals surface area contributed by atoms with Gasteiger partial charge in [-0.05, 0) is 71.3 Å². The molecule has 1 saturated heterocycles. The first kappa shape index (κ1) is 35.8. The first-order valence-electron chi connectivity index (χ1n) is 17.0. The van der Waals surface area contributed by atoms with Crippen molar-refractivity contribution in [1.82, 2.24) is 14.9 Å². The van der Waals surface area contributed by atoms with Gasteiger partial charge in [0, 0.05) is 67.1 Å². The van der Waals surface area contributed by atoms with Gasteiger partial charge in [-0.3, -0.25) is 19.7 Å². The quantitative estimate of drug-likeness (QED) is 0.0525. The van der Waals surface area contributed by atoms with Crippen LogP contribution in [0.3, 0.4) is 0 Å².